The van der Waals surface area contributed by atoms with Crippen LogP contribution in [0.2, 0.25) is 0 Å². The summed E-state index contributed by atoms with van der Waals surface area (Å²) < 4.78 is 5.91. The van der Waals surface area contributed by atoms with E-state index in [1.54, 1.807) is 0 Å². The number of amides is 1. The Labute approximate surface area is 376 Å². The second-order valence-electron chi connectivity index (χ2n) is 17.0. The van der Waals surface area contributed by atoms with E-state index in [-0.39, 0.29) is 24.9 Å². The number of unbranched alkanes of at least 4 members (excludes halogenated alkanes) is 22. The first-order chi connectivity index (χ1) is 30.0. The molecule has 3 N–H and O–H groups in total. The Bertz CT molecular complexity index is 1180. The minimum atomic E-state index is -0.799. The Balaban J connectivity index is 4.64. The molecule has 0 aliphatic heterocycles. The van der Waals surface area contributed by atoms with Gasteiger partial charge in [-0.1, -0.05) is 228 Å². The largest absolute Gasteiger partial charge is 0.462 e. The van der Waals surface area contributed by atoms with Gasteiger partial charge in [0.1, 0.15) is 6.10 Å². The molecule has 0 aromatic heterocycles. The highest BCUT2D eigenvalue weighted by Gasteiger charge is 2.24. The topological polar surface area (TPSA) is 95.9 Å². The first-order valence-electron chi connectivity index (χ1n) is 25.4. The van der Waals surface area contributed by atoms with Crippen molar-refractivity contribution in [3.8, 4) is 0 Å². The molecule has 0 heterocycles. The number of esters is 1. The van der Waals surface area contributed by atoms with E-state index < -0.39 is 18.2 Å². The number of rotatable bonds is 44. The Hall–Kier alpha value is -2.96. The van der Waals surface area contributed by atoms with Gasteiger partial charge >= 0.3 is 5.97 Å². The number of ether oxygens (including phenoxy) is 1. The number of hydrogen-bond acceptors (Lipinski definition) is 5. The summed E-state index contributed by atoms with van der Waals surface area (Å²) in [5, 5.41) is 23.7. The van der Waals surface area contributed by atoms with Crippen LogP contribution in [0.25, 0.3) is 0 Å². The first-order valence-corrected chi connectivity index (χ1v) is 25.4. The number of aliphatic hydroxyl groups excluding tert-OH is 2. The Morgan fingerprint density at radius 1 is 0.508 bits per heavy atom. The molecule has 3 atom stereocenters. The first kappa shape index (κ1) is 58.0. The third-order valence-corrected chi connectivity index (χ3v) is 11.1. The van der Waals surface area contributed by atoms with E-state index >= 15 is 0 Å². The van der Waals surface area contributed by atoms with Crippen LogP contribution in [0.4, 0.5) is 0 Å². The molecule has 0 aromatic carbocycles. The molecule has 6 nitrogen and oxygen atoms in total. The highest BCUT2D eigenvalue weighted by Crippen LogP contribution is 2.17. The van der Waals surface area contributed by atoms with Crippen LogP contribution in [-0.4, -0.2) is 46.9 Å². The van der Waals surface area contributed by atoms with Gasteiger partial charge in [0.15, 0.2) is 0 Å². The molecule has 0 radical (unpaired) electrons. The van der Waals surface area contributed by atoms with Gasteiger partial charge in [0, 0.05) is 6.42 Å². The van der Waals surface area contributed by atoms with Crippen molar-refractivity contribution in [2.75, 3.05) is 6.61 Å². The lowest BCUT2D eigenvalue weighted by molar-refractivity contribution is -0.151. The summed E-state index contributed by atoms with van der Waals surface area (Å²) in [6.07, 6.45) is 62.0. The minimum absolute atomic E-state index is 0.0532. The quantitative estimate of drug-likeness (QED) is 0.0246. The minimum Gasteiger partial charge on any atom is -0.462 e. The molecule has 350 valence electrons. The number of nitrogens with one attached hydrogen (secondary N) is 1. The van der Waals surface area contributed by atoms with Gasteiger partial charge in [0.2, 0.25) is 5.91 Å². The summed E-state index contributed by atoms with van der Waals surface area (Å²) in [6.45, 7) is 6.27. The van der Waals surface area contributed by atoms with Crippen molar-refractivity contribution in [3.05, 3.63) is 85.1 Å². The molecular formula is C55H95NO5. The van der Waals surface area contributed by atoms with E-state index in [0.29, 0.717) is 19.3 Å². The van der Waals surface area contributed by atoms with Crippen LogP contribution < -0.4 is 5.32 Å². The SMILES string of the molecule is CC/C=C/C/C=C/CCCCCCCC(CC(=O)NC(CO)C(O)CCCCCCCCCCCCCC)OC(=O)CCCCCCC/C=C/C=C/C=C/C=C/C=C/CCC. The summed E-state index contributed by atoms with van der Waals surface area (Å²) in [5.41, 5.74) is 0. The lowest BCUT2D eigenvalue weighted by Crippen LogP contribution is -2.46. The molecule has 0 bridgehead atoms. The Morgan fingerprint density at radius 2 is 0.984 bits per heavy atom. The van der Waals surface area contributed by atoms with E-state index in [1.807, 2.05) is 24.3 Å². The fourth-order valence-electron chi connectivity index (χ4n) is 7.26. The van der Waals surface area contributed by atoms with Crippen LogP contribution in [0.3, 0.4) is 0 Å². The number of aliphatic hydroxyl groups is 2. The smallest absolute Gasteiger partial charge is 0.306 e. The van der Waals surface area contributed by atoms with Crippen LogP contribution in [0, 0.1) is 0 Å². The number of allylic oxidation sites excluding steroid dienone is 14. The van der Waals surface area contributed by atoms with Gasteiger partial charge in [-0.3, -0.25) is 9.59 Å². The van der Waals surface area contributed by atoms with Crippen LogP contribution in [0.15, 0.2) is 85.1 Å². The van der Waals surface area contributed by atoms with Crippen LogP contribution >= 0.6 is 0 Å². The van der Waals surface area contributed by atoms with Gasteiger partial charge in [0.05, 0.1) is 25.2 Å². The van der Waals surface area contributed by atoms with Crippen LogP contribution in [-0.2, 0) is 14.3 Å². The zero-order valence-corrected chi connectivity index (χ0v) is 39.8. The molecule has 6 heteroatoms. The lowest BCUT2D eigenvalue weighted by Gasteiger charge is -2.24. The second kappa shape index (κ2) is 48.1. The monoisotopic (exact) mass is 850 g/mol. The van der Waals surface area contributed by atoms with E-state index in [2.05, 4.69) is 86.8 Å². The van der Waals surface area contributed by atoms with Crippen molar-refractivity contribution in [3.63, 3.8) is 0 Å². The molecule has 3 unspecified atom stereocenters. The molecule has 1 amide bonds. The average molecular weight is 850 g/mol. The summed E-state index contributed by atoms with van der Waals surface area (Å²) in [7, 11) is 0. The van der Waals surface area contributed by atoms with Crippen molar-refractivity contribution in [2.45, 2.75) is 244 Å². The van der Waals surface area contributed by atoms with Gasteiger partial charge in [-0.15, -0.1) is 0 Å². The summed E-state index contributed by atoms with van der Waals surface area (Å²) in [6, 6.07) is -0.715. The second-order valence-corrected chi connectivity index (χ2v) is 17.0. The molecule has 61 heavy (non-hydrogen) atoms. The molecule has 0 saturated heterocycles. The molecule has 0 fully saturated rings. The zero-order chi connectivity index (χ0) is 44.5. The maximum atomic E-state index is 13.2. The number of carbonyl (C=O) groups is 2. The van der Waals surface area contributed by atoms with Gasteiger partial charge in [0.25, 0.3) is 0 Å². The highest BCUT2D eigenvalue weighted by atomic mass is 16.5. The Kier molecular flexibility index (Phi) is 45.7. The molecule has 0 aromatic rings. The van der Waals surface area contributed by atoms with Crippen molar-refractivity contribution >= 4 is 11.9 Å². The van der Waals surface area contributed by atoms with Crippen molar-refractivity contribution < 1.29 is 24.5 Å². The maximum Gasteiger partial charge on any atom is 0.306 e. The van der Waals surface area contributed by atoms with Gasteiger partial charge in [-0.25, -0.2) is 0 Å². The number of carbonyl (C=O) groups excluding carboxylic acids is 2. The number of hydrogen-bond donors (Lipinski definition) is 3. The third kappa shape index (κ3) is 43.5. The highest BCUT2D eigenvalue weighted by molar-refractivity contribution is 5.77. The molecular weight excluding hydrogens is 755 g/mol. The summed E-state index contributed by atoms with van der Waals surface area (Å²) in [4.78, 5) is 26.1. The normalized spacial score (nSPS) is 14.0. The van der Waals surface area contributed by atoms with Crippen molar-refractivity contribution in [1.82, 2.24) is 5.32 Å². The van der Waals surface area contributed by atoms with Crippen LogP contribution in [0.1, 0.15) is 226 Å². The Morgan fingerprint density at radius 3 is 1.54 bits per heavy atom. The molecule has 0 aliphatic carbocycles. The van der Waals surface area contributed by atoms with Crippen molar-refractivity contribution in [1.29, 1.82) is 0 Å². The van der Waals surface area contributed by atoms with E-state index in [1.165, 1.54) is 70.6 Å². The predicted molar refractivity (Wildman–Crippen MR) is 264 cm³/mol. The van der Waals surface area contributed by atoms with Crippen LogP contribution in [0.5, 0.6) is 0 Å². The molecule has 0 aliphatic rings. The zero-order valence-electron chi connectivity index (χ0n) is 39.8. The standard InChI is InChI=1S/C55H95NO5/c1-4-7-10-13-16-19-22-25-26-27-28-29-30-33-36-39-42-45-48-55(60)61-51(46-43-40-37-34-31-23-20-17-14-11-8-5-2)49-54(59)56-52(50-57)53(58)47-44-41-38-35-32-24-21-18-15-12-9-6-3/h8,10-11,13,16-17,19-20,22,25-29,51-53,57-58H,4-7,9,12,14-15,18,21,23-24,30-50H2,1-3H3,(H,56,59)/b11-8+,13-10+,19-16+,20-17+,25-22+,27-26+,29-28+. The van der Waals surface area contributed by atoms with E-state index in [4.69, 9.17) is 4.74 Å². The summed E-state index contributed by atoms with van der Waals surface area (Å²) >= 11 is 0. The van der Waals surface area contributed by atoms with Gasteiger partial charge < -0.3 is 20.3 Å². The summed E-state index contributed by atoms with van der Waals surface area (Å²) in [5.74, 6) is -0.522. The van der Waals surface area contributed by atoms with Gasteiger partial charge in [-0.05, 0) is 70.6 Å². The predicted octanol–water partition coefficient (Wildman–Crippen LogP) is 15.2. The van der Waals surface area contributed by atoms with Gasteiger partial charge in [-0.2, -0.15) is 0 Å². The average Bonchev–Trinajstić information content (AvgIpc) is 3.25. The van der Waals surface area contributed by atoms with E-state index in [9.17, 15) is 19.8 Å². The fourth-order valence-corrected chi connectivity index (χ4v) is 7.26. The molecule has 0 saturated carbocycles. The molecule has 0 rings (SSSR count). The lowest BCUT2D eigenvalue weighted by atomic mass is 10.0. The van der Waals surface area contributed by atoms with E-state index in [0.717, 1.165) is 109 Å². The van der Waals surface area contributed by atoms with Crippen molar-refractivity contribution in [2.24, 2.45) is 0 Å². The maximum absolute atomic E-state index is 13.2. The fraction of sp³-hybridized carbons (Fsp3) is 0.709. The molecule has 0 spiro atoms. The third-order valence-electron chi connectivity index (χ3n) is 11.1.